The minimum Gasteiger partial charge on any atom is -0.321 e. The Bertz CT molecular complexity index is 880. The van der Waals surface area contributed by atoms with E-state index in [9.17, 15) is 9.59 Å². The first-order valence-electron chi connectivity index (χ1n) is 9.92. The minimum atomic E-state index is -0.183. The van der Waals surface area contributed by atoms with E-state index in [0.717, 1.165) is 36.1 Å². The normalized spacial score (nSPS) is 19.3. The molecule has 5 nitrogen and oxygen atoms in total. The highest BCUT2D eigenvalue weighted by Gasteiger charge is 2.26. The third-order valence-corrected chi connectivity index (χ3v) is 6.53. The predicted molar refractivity (Wildman–Crippen MR) is 115 cm³/mol. The third kappa shape index (κ3) is 4.61. The Hall–Kier alpha value is -2.21. The fourth-order valence-electron chi connectivity index (χ4n) is 4.09. The molecule has 0 aliphatic heterocycles. The van der Waals surface area contributed by atoms with Crippen molar-refractivity contribution in [3.05, 3.63) is 39.4 Å². The molecule has 3 rings (SSSR count). The van der Waals surface area contributed by atoms with Gasteiger partial charge in [-0.25, -0.2) is 4.98 Å². The van der Waals surface area contributed by atoms with Crippen LogP contribution < -0.4 is 10.6 Å². The fraction of sp³-hybridized carbons (Fsp3) is 0.500. The van der Waals surface area contributed by atoms with Crippen LogP contribution >= 0.6 is 11.3 Å². The van der Waals surface area contributed by atoms with E-state index in [1.807, 2.05) is 20.8 Å². The summed E-state index contributed by atoms with van der Waals surface area (Å²) in [4.78, 5) is 30.3. The van der Waals surface area contributed by atoms with Gasteiger partial charge in [-0.15, -0.1) is 0 Å². The highest BCUT2D eigenvalue weighted by atomic mass is 32.1. The summed E-state index contributed by atoms with van der Waals surface area (Å²) in [5.41, 5.74) is 4.72. The molecule has 1 aliphatic carbocycles. The number of hydrogen-bond donors (Lipinski definition) is 2. The smallest absolute Gasteiger partial charge is 0.267 e. The standard InChI is InChI=1S/C22H29N3O2S/c1-12-7-6-8-17(11-12)20(26)25-22-23-16(5)19(28-22)21(27)24-18-14(3)9-13(2)10-15(18)4/h9-10,12,17H,6-8,11H2,1-5H3,(H,24,27)(H,23,25,26)/t12?,17-/m1/s1. The van der Waals surface area contributed by atoms with Crippen LogP contribution in [0.1, 0.15) is 64.7 Å². The monoisotopic (exact) mass is 399 g/mol. The lowest BCUT2D eigenvalue weighted by Crippen LogP contribution is -2.27. The highest BCUT2D eigenvalue weighted by Crippen LogP contribution is 2.31. The number of aryl methyl sites for hydroxylation is 4. The Labute approximate surface area is 171 Å². The molecule has 1 aromatic carbocycles. The summed E-state index contributed by atoms with van der Waals surface area (Å²) < 4.78 is 0. The molecule has 1 aromatic heterocycles. The summed E-state index contributed by atoms with van der Waals surface area (Å²) in [6.07, 6.45) is 4.15. The van der Waals surface area contributed by atoms with Crippen molar-refractivity contribution in [2.75, 3.05) is 10.6 Å². The number of nitrogens with one attached hydrogen (secondary N) is 2. The molecule has 0 radical (unpaired) electrons. The van der Waals surface area contributed by atoms with Crippen LogP contribution in [0, 0.1) is 39.5 Å². The van der Waals surface area contributed by atoms with Crippen molar-refractivity contribution >= 4 is 34.0 Å². The van der Waals surface area contributed by atoms with Gasteiger partial charge in [0.15, 0.2) is 5.13 Å². The summed E-state index contributed by atoms with van der Waals surface area (Å²) >= 11 is 1.24. The Kier molecular flexibility index (Phi) is 6.18. The number of rotatable bonds is 4. The number of thiazole rings is 1. The number of hydrogen-bond acceptors (Lipinski definition) is 4. The first-order chi connectivity index (χ1) is 13.2. The fourth-order valence-corrected chi connectivity index (χ4v) is 4.95. The lowest BCUT2D eigenvalue weighted by Gasteiger charge is -2.25. The Morgan fingerprint density at radius 1 is 1.07 bits per heavy atom. The zero-order valence-electron chi connectivity index (χ0n) is 17.3. The van der Waals surface area contributed by atoms with E-state index in [2.05, 4.69) is 34.7 Å². The van der Waals surface area contributed by atoms with Crippen LogP contribution in [0.4, 0.5) is 10.8 Å². The number of amides is 2. The van der Waals surface area contributed by atoms with Crippen molar-refractivity contribution in [2.24, 2.45) is 11.8 Å². The second-order valence-corrected chi connectivity index (χ2v) is 9.12. The molecule has 1 heterocycles. The molecule has 1 unspecified atom stereocenters. The van der Waals surface area contributed by atoms with Gasteiger partial charge in [0.25, 0.3) is 5.91 Å². The van der Waals surface area contributed by atoms with Crippen LogP contribution in [0.5, 0.6) is 0 Å². The van der Waals surface area contributed by atoms with Crippen LogP contribution in [0.3, 0.4) is 0 Å². The summed E-state index contributed by atoms with van der Waals surface area (Å²) in [5, 5.41) is 6.45. The molecule has 1 aliphatic rings. The Morgan fingerprint density at radius 2 is 1.75 bits per heavy atom. The summed E-state index contributed by atoms with van der Waals surface area (Å²) in [6.45, 7) is 10.0. The Balaban J connectivity index is 1.71. The average Bonchev–Trinajstić information content (AvgIpc) is 2.98. The first kappa shape index (κ1) is 20.5. The van der Waals surface area contributed by atoms with E-state index >= 15 is 0 Å². The first-order valence-corrected chi connectivity index (χ1v) is 10.7. The van der Waals surface area contributed by atoms with Gasteiger partial charge in [-0.2, -0.15) is 0 Å². The average molecular weight is 400 g/mol. The van der Waals surface area contributed by atoms with Crippen molar-refractivity contribution in [3.8, 4) is 0 Å². The van der Waals surface area contributed by atoms with Gasteiger partial charge in [0.1, 0.15) is 4.88 Å². The van der Waals surface area contributed by atoms with Gasteiger partial charge in [0, 0.05) is 11.6 Å². The van der Waals surface area contributed by atoms with Crippen molar-refractivity contribution in [1.29, 1.82) is 0 Å². The van der Waals surface area contributed by atoms with Crippen molar-refractivity contribution in [3.63, 3.8) is 0 Å². The molecule has 2 N–H and O–H groups in total. The maximum absolute atomic E-state index is 12.8. The maximum Gasteiger partial charge on any atom is 0.267 e. The minimum absolute atomic E-state index is 0.0254. The highest BCUT2D eigenvalue weighted by molar-refractivity contribution is 7.17. The SMILES string of the molecule is Cc1cc(C)c(NC(=O)c2sc(NC(=O)[C@@H]3CCCC(C)C3)nc2C)c(C)c1. The number of aromatic nitrogens is 1. The van der Waals surface area contributed by atoms with Crippen LogP contribution in [0.2, 0.25) is 0 Å². The molecule has 2 aromatic rings. The maximum atomic E-state index is 12.8. The van der Waals surface area contributed by atoms with E-state index < -0.39 is 0 Å². The second-order valence-electron chi connectivity index (χ2n) is 8.12. The Morgan fingerprint density at radius 3 is 2.39 bits per heavy atom. The van der Waals surface area contributed by atoms with E-state index in [1.54, 1.807) is 6.92 Å². The van der Waals surface area contributed by atoms with Gasteiger partial charge in [0.05, 0.1) is 5.69 Å². The topological polar surface area (TPSA) is 71.1 Å². The number of benzene rings is 1. The lowest BCUT2D eigenvalue weighted by atomic mass is 9.82. The van der Waals surface area contributed by atoms with Crippen molar-refractivity contribution in [2.45, 2.75) is 60.3 Å². The van der Waals surface area contributed by atoms with Gasteiger partial charge in [-0.1, -0.05) is 48.8 Å². The molecule has 0 bridgehead atoms. The predicted octanol–water partition coefficient (Wildman–Crippen LogP) is 5.39. The van der Waals surface area contributed by atoms with Crippen LogP contribution in [0.25, 0.3) is 0 Å². The van der Waals surface area contributed by atoms with E-state index in [-0.39, 0.29) is 17.7 Å². The zero-order valence-corrected chi connectivity index (χ0v) is 18.1. The molecular weight excluding hydrogens is 370 g/mol. The van der Waals surface area contributed by atoms with E-state index in [4.69, 9.17) is 0 Å². The molecule has 2 atom stereocenters. The summed E-state index contributed by atoms with van der Waals surface area (Å²) in [6, 6.07) is 4.11. The zero-order chi connectivity index (χ0) is 20.4. The number of carbonyl (C=O) groups is 2. The van der Waals surface area contributed by atoms with Crippen LogP contribution in [-0.4, -0.2) is 16.8 Å². The second kappa shape index (κ2) is 8.43. The largest absolute Gasteiger partial charge is 0.321 e. The van der Waals surface area contributed by atoms with Crippen molar-refractivity contribution < 1.29 is 9.59 Å². The van der Waals surface area contributed by atoms with Gasteiger partial charge >= 0.3 is 0 Å². The quantitative estimate of drug-likeness (QED) is 0.724. The molecule has 150 valence electrons. The number of carbonyl (C=O) groups excluding carboxylic acids is 2. The van der Waals surface area contributed by atoms with Gasteiger partial charge < -0.3 is 10.6 Å². The van der Waals surface area contributed by atoms with Gasteiger partial charge in [-0.05, 0) is 57.6 Å². The van der Waals surface area contributed by atoms with E-state index in [1.165, 1.54) is 23.3 Å². The molecule has 1 fully saturated rings. The van der Waals surface area contributed by atoms with Crippen LogP contribution in [-0.2, 0) is 4.79 Å². The van der Waals surface area contributed by atoms with Crippen molar-refractivity contribution in [1.82, 2.24) is 4.98 Å². The van der Waals surface area contributed by atoms with Gasteiger partial charge in [0.2, 0.25) is 5.91 Å². The third-order valence-electron chi connectivity index (χ3n) is 5.46. The van der Waals surface area contributed by atoms with Crippen LogP contribution in [0.15, 0.2) is 12.1 Å². The molecule has 1 saturated carbocycles. The van der Waals surface area contributed by atoms with Gasteiger partial charge in [-0.3, -0.25) is 9.59 Å². The molecule has 2 amide bonds. The van der Waals surface area contributed by atoms with E-state index in [0.29, 0.717) is 21.6 Å². The number of nitrogens with zero attached hydrogens (tertiary/aromatic N) is 1. The summed E-state index contributed by atoms with van der Waals surface area (Å²) in [7, 11) is 0. The lowest BCUT2D eigenvalue weighted by molar-refractivity contribution is -0.121. The summed E-state index contributed by atoms with van der Waals surface area (Å²) in [5.74, 6) is 0.474. The molecular formula is C22H29N3O2S. The molecule has 0 saturated heterocycles. The molecule has 28 heavy (non-hydrogen) atoms. The number of anilines is 2. The molecule has 0 spiro atoms. The molecule has 6 heteroatoms.